The highest BCUT2D eigenvalue weighted by Crippen LogP contribution is 2.18. The molecule has 0 fully saturated rings. The number of nitrogens with zero attached hydrogens (tertiary/aromatic N) is 2. The van der Waals surface area contributed by atoms with E-state index >= 15 is 0 Å². The van der Waals surface area contributed by atoms with Crippen molar-refractivity contribution < 1.29 is 9.13 Å². The Bertz CT molecular complexity index is 559. The largest absolute Gasteiger partial charge is 0.383 e. The minimum atomic E-state index is -0.385. The van der Waals surface area contributed by atoms with Gasteiger partial charge in [-0.1, -0.05) is 23.7 Å². The molecule has 2 aromatic rings. The van der Waals surface area contributed by atoms with Gasteiger partial charge in [0, 0.05) is 37.5 Å². The fourth-order valence-electron chi connectivity index (χ4n) is 1.84. The zero-order valence-corrected chi connectivity index (χ0v) is 12.0. The van der Waals surface area contributed by atoms with Crippen molar-refractivity contribution in [2.75, 3.05) is 20.3 Å². The number of aromatic nitrogens is 2. The van der Waals surface area contributed by atoms with E-state index in [1.54, 1.807) is 30.1 Å². The number of hydrogen-bond donors (Lipinski definition) is 1. The highest BCUT2D eigenvalue weighted by Gasteiger charge is 2.07. The first-order valence-electron chi connectivity index (χ1n) is 6.34. The third kappa shape index (κ3) is 4.03. The zero-order chi connectivity index (χ0) is 14.4. The molecule has 0 saturated carbocycles. The summed E-state index contributed by atoms with van der Waals surface area (Å²) < 4.78 is 20.4. The summed E-state index contributed by atoms with van der Waals surface area (Å²) in [7, 11) is 1.67. The fraction of sp³-hybridized carbons (Fsp3) is 0.357. The Labute approximate surface area is 122 Å². The first-order valence-corrected chi connectivity index (χ1v) is 6.72. The molecular weight excluding hydrogens is 281 g/mol. The van der Waals surface area contributed by atoms with E-state index in [-0.39, 0.29) is 10.8 Å². The second-order valence-electron chi connectivity index (χ2n) is 4.43. The summed E-state index contributed by atoms with van der Waals surface area (Å²) in [6.07, 6.45) is 3.66. The van der Waals surface area contributed by atoms with Crippen LogP contribution < -0.4 is 5.32 Å². The Morgan fingerprint density at radius 2 is 2.30 bits per heavy atom. The van der Waals surface area contributed by atoms with E-state index in [9.17, 15) is 4.39 Å². The number of methoxy groups -OCH3 is 1. The van der Waals surface area contributed by atoms with Gasteiger partial charge in [-0.2, -0.15) is 5.10 Å². The van der Waals surface area contributed by atoms with Crippen molar-refractivity contribution in [1.29, 1.82) is 0 Å². The lowest BCUT2D eigenvalue weighted by atomic mass is 10.2. The van der Waals surface area contributed by atoms with Gasteiger partial charge in [-0.05, 0) is 6.07 Å². The number of rotatable bonds is 7. The Morgan fingerprint density at radius 3 is 3.10 bits per heavy atom. The van der Waals surface area contributed by atoms with Gasteiger partial charge in [-0.25, -0.2) is 4.39 Å². The van der Waals surface area contributed by atoms with Crippen LogP contribution in [0.4, 0.5) is 4.39 Å². The summed E-state index contributed by atoms with van der Waals surface area (Å²) in [6, 6.07) is 4.98. The first kappa shape index (κ1) is 15.0. The number of hydrogen-bond acceptors (Lipinski definition) is 3. The van der Waals surface area contributed by atoms with Crippen LogP contribution in [0.1, 0.15) is 11.1 Å². The van der Waals surface area contributed by atoms with Crippen molar-refractivity contribution in [1.82, 2.24) is 15.1 Å². The summed E-state index contributed by atoms with van der Waals surface area (Å²) in [4.78, 5) is 0. The van der Waals surface area contributed by atoms with E-state index in [1.165, 1.54) is 6.07 Å². The Balaban J connectivity index is 1.94. The molecule has 4 nitrogen and oxygen atoms in total. The van der Waals surface area contributed by atoms with Crippen molar-refractivity contribution in [3.63, 3.8) is 0 Å². The lowest BCUT2D eigenvalue weighted by Crippen LogP contribution is -2.18. The van der Waals surface area contributed by atoms with Crippen molar-refractivity contribution >= 4 is 11.6 Å². The molecule has 0 aliphatic heterocycles. The van der Waals surface area contributed by atoms with E-state index < -0.39 is 0 Å². The van der Waals surface area contributed by atoms with Crippen molar-refractivity contribution in [2.24, 2.45) is 0 Å². The molecule has 0 saturated heterocycles. The molecule has 1 heterocycles. The Hall–Kier alpha value is -1.43. The minimum Gasteiger partial charge on any atom is -0.383 e. The normalized spacial score (nSPS) is 10.9. The maximum absolute atomic E-state index is 13.8. The van der Waals surface area contributed by atoms with Crippen LogP contribution in [0.15, 0.2) is 30.6 Å². The smallest absolute Gasteiger partial charge is 0.146 e. The van der Waals surface area contributed by atoms with Crippen molar-refractivity contribution in [2.45, 2.75) is 13.1 Å². The molecule has 0 amide bonds. The minimum absolute atomic E-state index is 0.135. The third-order valence-corrected chi connectivity index (χ3v) is 3.15. The van der Waals surface area contributed by atoms with Gasteiger partial charge >= 0.3 is 0 Å². The second-order valence-corrected chi connectivity index (χ2v) is 4.84. The highest BCUT2D eigenvalue weighted by atomic mass is 35.5. The first-order chi connectivity index (χ1) is 9.70. The molecule has 0 radical (unpaired) electrons. The number of halogens is 2. The van der Waals surface area contributed by atoms with Gasteiger partial charge in [-0.3, -0.25) is 4.68 Å². The quantitative estimate of drug-likeness (QED) is 0.798. The van der Waals surface area contributed by atoms with Gasteiger partial charge in [0.05, 0.1) is 24.4 Å². The Morgan fingerprint density at radius 1 is 1.45 bits per heavy atom. The van der Waals surface area contributed by atoms with E-state index in [4.69, 9.17) is 16.3 Å². The number of benzene rings is 1. The van der Waals surface area contributed by atoms with Crippen molar-refractivity contribution in [3.05, 3.63) is 52.6 Å². The number of ether oxygens (including phenoxy) is 1. The average molecular weight is 298 g/mol. The summed E-state index contributed by atoms with van der Waals surface area (Å²) in [5.74, 6) is -0.385. The third-order valence-electron chi connectivity index (χ3n) is 2.86. The lowest BCUT2D eigenvalue weighted by molar-refractivity contribution is 0.199. The predicted molar refractivity (Wildman–Crippen MR) is 76.3 cm³/mol. The van der Waals surface area contributed by atoms with Crippen LogP contribution in [0.25, 0.3) is 0 Å². The van der Waals surface area contributed by atoms with Crippen LogP contribution in [0.5, 0.6) is 0 Å². The molecule has 108 valence electrons. The van der Waals surface area contributed by atoms with Crippen LogP contribution in [-0.2, 0) is 17.8 Å². The summed E-state index contributed by atoms with van der Waals surface area (Å²) in [5, 5.41) is 7.58. The zero-order valence-electron chi connectivity index (χ0n) is 11.3. The molecule has 6 heteroatoms. The molecule has 0 atom stereocenters. The van der Waals surface area contributed by atoms with Crippen molar-refractivity contribution in [3.8, 4) is 0 Å². The molecule has 0 aliphatic carbocycles. The van der Waals surface area contributed by atoms with Gasteiger partial charge in [0.1, 0.15) is 5.82 Å². The highest BCUT2D eigenvalue weighted by molar-refractivity contribution is 6.30. The molecule has 1 aromatic heterocycles. The molecule has 1 N–H and O–H groups in total. The monoisotopic (exact) mass is 297 g/mol. The van der Waals surface area contributed by atoms with E-state index in [2.05, 4.69) is 10.4 Å². The lowest BCUT2D eigenvalue weighted by Gasteiger charge is -2.04. The Kier molecular flexibility index (Phi) is 5.52. The molecule has 0 aliphatic rings. The molecule has 20 heavy (non-hydrogen) atoms. The maximum atomic E-state index is 13.8. The molecule has 0 bridgehead atoms. The summed E-state index contributed by atoms with van der Waals surface area (Å²) in [5.41, 5.74) is 1.57. The second kappa shape index (κ2) is 7.38. The molecule has 0 unspecified atom stereocenters. The molecule has 0 spiro atoms. The molecule has 2 rings (SSSR count). The summed E-state index contributed by atoms with van der Waals surface area (Å²) in [6.45, 7) is 2.53. The standard InChI is InChI=1S/C14H17ClFN3O/c1-20-6-5-17-7-11-8-18-19(9-11)10-12-3-2-4-13(15)14(12)16/h2-4,8-9,17H,5-7,10H2,1H3. The van der Waals surface area contributed by atoms with E-state index in [1.807, 2.05) is 6.20 Å². The predicted octanol–water partition coefficient (Wildman–Crippen LogP) is 2.46. The van der Waals surface area contributed by atoms with E-state index in [0.29, 0.717) is 25.3 Å². The topological polar surface area (TPSA) is 39.1 Å². The van der Waals surface area contributed by atoms with Gasteiger partial charge in [0.15, 0.2) is 0 Å². The molecular formula is C14H17ClFN3O. The summed E-state index contributed by atoms with van der Waals surface area (Å²) >= 11 is 5.76. The van der Waals surface area contributed by atoms with Gasteiger partial charge in [0.25, 0.3) is 0 Å². The average Bonchev–Trinajstić information content (AvgIpc) is 2.88. The van der Waals surface area contributed by atoms with Gasteiger partial charge in [-0.15, -0.1) is 0 Å². The SMILES string of the molecule is COCCNCc1cnn(Cc2cccc(Cl)c2F)c1. The maximum Gasteiger partial charge on any atom is 0.146 e. The van der Waals surface area contributed by atoms with Crippen LogP contribution in [0.3, 0.4) is 0 Å². The van der Waals surface area contributed by atoms with Gasteiger partial charge in [0.2, 0.25) is 0 Å². The van der Waals surface area contributed by atoms with Crippen LogP contribution in [-0.4, -0.2) is 30.0 Å². The van der Waals surface area contributed by atoms with Crippen LogP contribution in [0.2, 0.25) is 5.02 Å². The fourth-order valence-corrected chi connectivity index (χ4v) is 2.03. The number of nitrogens with one attached hydrogen (secondary N) is 1. The molecule has 1 aromatic carbocycles. The van der Waals surface area contributed by atoms with E-state index in [0.717, 1.165) is 12.1 Å². The van der Waals surface area contributed by atoms with Crippen LogP contribution in [0, 0.1) is 5.82 Å². The van der Waals surface area contributed by atoms with Gasteiger partial charge < -0.3 is 10.1 Å². The van der Waals surface area contributed by atoms with Crippen LogP contribution >= 0.6 is 11.6 Å².